The first-order chi connectivity index (χ1) is 17.5. The first kappa shape index (κ1) is 26.8. The fourth-order valence-electron chi connectivity index (χ4n) is 4.38. The summed E-state index contributed by atoms with van der Waals surface area (Å²) in [5.74, 6) is 0.486. The van der Waals surface area contributed by atoms with Gasteiger partial charge in [0.05, 0.1) is 6.04 Å². The minimum absolute atomic E-state index is 0.0183. The van der Waals surface area contributed by atoms with Crippen LogP contribution in [0.1, 0.15) is 72.8 Å². The molecule has 2 amide bonds. The molecule has 0 saturated carbocycles. The summed E-state index contributed by atoms with van der Waals surface area (Å²) >= 11 is 1.37. The van der Waals surface area contributed by atoms with Crippen LogP contribution in [-0.4, -0.2) is 34.8 Å². The molecule has 4 rings (SSSR count). The molecule has 196 valence electrons. The van der Waals surface area contributed by atoms with Gasteiger partial charge in [-0.15, -0.1) is 11.3 Å². The number of carbonyl (C=O) groups is 2. The van der Waals surface area contributed by atoms with E-state index in [4.69, 9.17) is 4.74 Å². The van der Waals surface area contributed by atoms with E-state index in [-0.39, 0.29) is 24.2 Å². The van der Waals surface area contributed by atoms with Gasteiger partial charge in [-0.2, -0.15) is 0 Å². The molecule has 0 unspecified atom stereocenters. The van der Waals surface area contributed by atoms with Gasteiger partial charge in [0, 0.05) is 23.9 Å². The van der Waals surface area contributed by atoms with Crippen molar-refractivity contribution in [3.05, 3.63) is 81.1 Å². The van der Waals surface area contributed by atoms with Crippen molar-refractivity contribution in [2.45, 2.75) is 53.7 Å². The Bertz CT molecular complexity index is 1280. The maximum Gasteiger partial charge on any atom is 0.270 e. The van der Waals surface area contributed by atoms with Gasteiger partial charge in [0.1, 0.15) is 28.9 Å². The summed E-state index contributed by atoms with van der Waals surface area (Å²) in [6, 6.07) is 11.9. The Labute approximate surface area is 221 Å². The average molecular weight is 524 g/mol. The Kier molecular flexibility index (Phi) is 7.97. The van der Waals surface area contributed by atoms with E-state index in [1.807, 2.05) is 63.8 Å². The number of hydrogen-bond donors (Lipinski definition) is 1. The van der Waals surface area contributed by atoms with Gasteiger partial charge in [-0.1, -0.05) is 52.8 Å². The Morgan fingerprint density at radius 2 is 2.00 bits per heavy atom. The quantitative estimate of drug-likeness (QED) is 0.427. The zero-order chi connectivity index (χ0) is 26.7. The number of ether oxygens (including phenoxy) is 1. The normalized spacial score (nSPS) is 15.4. The lowest BCUT2D eigenvalue weighted by atomic mass is 9.85. The summed E-state index contributed by atoms with van der Waals surface area (Å²) in [7, 11) is 0. The molecular weight excluding hydrogens is 489 g/mol. The van der Waals surface area contributed by atoms with Crippen LogP contribution >= 0.6 is 11.3 Å². The third-order valence-electron chi connectivity index (χ3n) is 6.23. The largest absolute Gasteiger partial charge is 0.486 e. The van der Waals surface area contributed by atoms with Gasteiger partial charge in [-0.3, -0.25) is 9.59 Å². The number of rotatable bonds is 7. The summed E-state index contributed by atoms with van der Waals surface area (Å²) in [6.45, 7) is 11.2. The third-order valence-corrected chi connectivity index (χ3v) is 7.05. The van der Waals surface area contributed by atoms with Crippen molar-refractivity contribution in [3.8, 4) is 5.75 Å². The number of benzene rings is 2. The highest BCUT2D eigenvalue weighted by molar-refractivity contribution is 7.09. The smallest absolute Gasteiger partial charge is 0.270 e. The highest BCUT2D eigenvalue weighted by atomic mass is 32.1. The van der Waals surface area contributed by atoms with Crippen LogP contribution in [0.2, 0.25) is 0 Å². The summed E-state index contributed by atoms with van der Waals surface area (Å²) in [6.07, 6.45) is 0.713. The van der Waals surface area contributed by atoms with Gasteiger partial charge < -0.3 is 15.0 Å². The summed E-state index contributed by atoms with van der Waals surface area (Å²) in [5.41, 5.74) is 2.59. The van der Waals surface area contributed by atoms with Crippen molar-refractivity contribution < 1.29 is 18.7 Å². The van der Waals surface area contributed by atoms with E-state index in [1.54, 1.807) is 11.4 Å². The first-order valence-corrected chi connectivity index (χ1v) is 13.5. The molecule has 0 fully saturated rings. The molecule has 0 spiro atoms. The average Bonchev–Trinajstić information content (AvgIpc) is 3.33. The lowest BCUT2D eigenvalue weighted by molar-refractivity contribution is -0.141. The Morgan fingerprint density at radius 1 is 1.22 bits per heavy atom. The number of carbonyl (C=O) groups excluding carboxylic acids is 2. The number of amides is 2. The summed E-state index contributed by atoms with van der Waals surface area (Å²) in [4.78, 5) is 31.9. The second-order valence-corrected chi connectivity index (χ2v) is 11.8. The highest BCUT2D eigenvalue weighted by Gasteiger charge is 2.37. The maximum absolute atomic E-state index is 14.2. The molecule has 37 heavy (non-hydrogen) atoms. The standard InChI is InChI=1S/C29H34FN3O3S/c1-18(2)15-31-27(34)24-17-37-25(32-24)16-36-22-10-9-19-11-12-33(28(35)29(3,4)5)26(23(19)14-22)20-7-6-8-21(30)13-20/h6-10,13-14,17-18,26H,11-12,15-16H2,1-5H3,(H,31,34)/t26-/m0/s1. The predicted octanol–water partition coefficient (Wildman–Crippen LogP) is 5.77. The van der Waals surface area contributed by atoms with E-state index in [0.717, 1.165) is 16.7 Å². The summed E-state index contributed by atoms with van der Waals surface area (Å²) < 4.78 is 20.3. The minimum Gasteiger partial charge on any atom is -0.486 e. The molecule has 1 aromatic heterocycles. The van der Waals surface area contributed by atoms with Gasteiger partial charge in [0.25, 0.3) is 5.91 Å². The van der Waals surface area contributed by atoms with Crippen molar-refractivity contribution in [2.24, 2.45) is 11.3 Å². The molecule has 2 heterocycles. The van der Waals surface area contributed by atoms with E-state index >= 15 is 0 Å². The molecule has 2 aromatic carbocycles. The van der Waals surface area contributed by atoms with Crippen LogP contribution in [0.3, 0.4) is 0 Å². The number of aromatic nitrogens is 1. The molecule has 1 aliphatic heterocycles. The molecule has 0 radical (unpaired) electrons. The van der Waals surface area contributed by atoms with Gasteiger partial charge in [-0.05, 0) is 53.3 Å². The fourth-order valence-corrected chi connectivity index (χ4v) is 5.07. The van der Waals surface area contributed by atoms with Gasteiger partial charge >= 0.3 is 0 Å². The minimum atomic E-state index is -0.568. The number of nitrogens with zero attached hydrogens (tertiary/aromatic N) is 2. The Morgan fingerprint density at radius 3 is 2.70 bits per heavy atom. The van der Waals surface area contributed by atoms with Crippen molar-refractivity contribution in [1.29, 1.82) is 0 Å². The van der Waals surface area contributed by atoms with Crippen LogP contribution in [-0.2, 0) is 17.8 Å². The predicted molar refractivity (Wildman–Crippen MR) is 143 cm³/mol. The van der Waals surface area contributed by atoms with E-state index < -0.39 is 11.5 Å². The van der Waals surface area contributed by atoms with Crippen molar-refractivity contribution in [2.75, 3.05) is 13.1 Å². The second-order valence-electron chi connectivity index (χ2n) is 10.8. The summed E-state index contributed by atoms with van der Waals surface area (Å²) in [5, 5.41) is 5.30. The van der Waals surface area contributed by atoms with E-state index in [2.05, 4.69) is 10.3 Å². The third kappa shape index (κ3) is 6.36. The number of thiazole rings is 1. The molecule has 6 nitrogen and oxygen atoms in total. The molecule has 0 bridgehead atoms. The number of halogens is 1. The molecule has 1 atom stereocenters. The maximum atomic E-state index is 14.2. The highest BCUT2D eigenvalue weighted by Crippen LogP contribution is 2.39. The van der Waals surface area contributed by atoms with Crippen LogP contribution in [0, 0.1) is 17.2 Å². The van der Waals surface area contributed by atoms with Gasteiger partial charge in [-0.25, -0.2) is 9.37 Å². The Balaban J connectivity index is 1.57. The number of hydrogen-bond acceptors (Lipinski definition) is 5. The number of nitrogens with one attached hydrogen (secondary N) is 1. The molecule has 1 N–H and O–H groups in total. The fraction of sp³-hybridized carbons (Fsp3) is 0.414. The lowest BCUT2D eigenvalue weighted by Gasteiger charge is -2.41. The second kappa shape index (κ2) is 11.0. The molecule has 0 saturated heterocycles. The van der Waals surface area contributed by atoms with E-state index in [9.17, 15) is 14.0 Å². The van der Waals surface area contributed by atoms with Crippen LogP contribution in [0.5, 0.6) is 5.75 Å². The molecular formula is C29H34FN3O3S. The molecule has 8 heteroatoms. The van der Waals surface area contributed by atoms with Gasteiger partial charge in [0.2, 0.25) is 5.91 Å². The van der Waals surface area contributed by atoms with E-state index in [0.29, 0.717) is 41.9 Å². The Hall–Kier alpha value is -3.26. The van der Waals surface area contributed by atoms with Gasteiger partial charge in [0.15, 0.2) is 0 Å². The zero-order valence-electron chi connectivity index (χ0n) is 22.0. The monoisotopic (exact) mass is 523 g/mol. The molecule has 1 aliphatic rings. The van der Waals surface area contributed by atoms with Crippen LogP contribution in [0.15, 0.2) is 47.8 Å². The lowest BCUT2D eigenvalue weighted by Crippen LogP contribution is -2.45. The van der Waals surface area contributed by atoms with Crippen molar-refractivity contribution in [1.82, 2.24) is 15.2 Å². The van der Waals surface area contributed by atoms with E-state index in [1.165, 1.54) is 23.5 Å². The van der Waals surface area contributed by atoms with Crippen LogP contribution < -0.4 is 10.1 Å². The topological polar surface area (TPSA) is 71.5 Å². The van der Waals surface area contributed by atoms with Crippen molar-refractivity contribution in [3.63, 3.8) is 0 Å². The zero-order valence-corrected chi connectivity index (χ0v) is 22.8. The molecule has 3 aromatic rings. The van der Waals surface area contributed by atoms with Crippen LogP contribution in [0.4, 0.5) is 4.39 Å². The first-order valence-electron chi connectivity index (χ1n) is 12.6. The molecule has 0 aliphatic carbocycles. The van der Waals surface area contributed by atoms with Crippen LogP contribution in [0.25, 0.3) is 0 Å². The number of fused-ring (bicyclic) bond motifs is 1. The van der Waals surface area contributed by atoms with Crippen molar-refractivity contribution >= 4 is 23.2 Å². The SMILES string of the molecule is CC(C)CNC(=O)c1csc(COc2ccc3c(c2)[C@H](c2cccc(F)c2)N(C(=O)C(C)(C)C)CC3)n1.